The number of rotatable bonds is 6. The van der Waals surface area contributed by atoms with Gasteiger partial charge in [0.05, 0.1) is 24.8 Å². The van der Waals surface area contributed by atoms with Crippen LogP contribution in [0, 0.1) is 0 Å². The average Bonchev–Trinajstić information content (AvgIpc) is 3.29. The summed E-state index contributed by atoms with van der Waals surface area (Å²) < 4.78 is 38.0. The van der Waals surface area contributed by atoms with Crippen molar-refractivity contribution in [3.63, 3.8) is 0 Å². The van der Waals surface area contributed by atoms with Crippen molar-refractivity contribution in [2.45, 2.75) is 4.90 Å². The van der Waals surface area contributed by atoms with Crippen molar-refractivity contribution >= 4 is 38.1 Å². The first kappa shape index (κ1) is 21.9. The lowest BCUT2D eigenvalue weighted by atomic mass is 10.1. The van der Waals surface area contributed by atoms with E-state index in [1.54, 1.807) is 32.4 Å². The first-order chi connectivity index (χ1) is 14.9. The van der Waals surface area contributed by atoms with Crippen molar-refractivity contribution in [2.75, 3.05) is 45.3 Å². The summed E-state index contributed by atoms with van der Waals surface area (Å²) in [6, 6.07) is 12.0. The standard InChI is InChI=1S/C21H22ClN3O4S2/c1-28-17-10-15(11-18(13-17)29-2)20-14-30-21(23-20)24-6-8-25(9-7-24)31(26,27)19-5-3-4-16(22)12-19/h3-5,10-14H,6-9H2,1-2H3. The number of sulfonamides is 1. The summed E-state index contributed by atoms with van der Waals surface area (Å²) in [5, 5.41) is 3.25. The first-order valence-corrected chi connectivity index (χ1v) is 12.3. The van der Waals surface area contributed by atoms with Gasteiger partial charge in [-0.15, -0.1) is 11.3 Å². The maximum Gasteiger partial charge on any atom is 0.243 e. The Hall–Kier alpha value is -2.33. The minimum absolute atomic E-state index is 0.219. The summed E-state index contributed by atoms with van der Waals surface area (Å²) in [7, 11) is -0.340. The average molecular weight is 480 g/mol. The number of thiazole rings is 1. The lowest BCUT2D eigenvalue weighted by Crippen LogP contribution is -2.48. The van der Waals surface area contributed by atoms with Gasteiger partial charge in [-0.25, -0.2) is 13.4 Å². The van der Waals surface area contributed by atoms with Gasteiger partial charge in [0.15, 0.2) is 5.13 Å². The lowest BCUT2D eigenvalue weighted by Gasteiger charge is -2.33. The van der Waals surface area contributed by atoms with E-state index in [0.29, 0.717) is 42.7 Å². The third kappa shape index (κ3) is 4.64. The number of methoxy groups -OCH3 is 2. The minimum Gasteiger partial charge on any atom is -0.497 e. The molecular weight excluding hydrogens is 458 g/mol. The molecule has 164 valence electrons. The van der Waals surface area contributed by atoms with Crippen LogP contribution in [0.4, 0.5) is 5.13 Å². The molecule has 0 saturated carbocycles. The Balaban J connectivity index is 1.48. The number of halogens is 1. The zero-order valence-corrected chi connectivity index (χ0v) is 19.5. The molecule has 10 heteroatoms. The molecule has 0 aliphatic carbocycles. The highest BCUT2D eigenvalue weighted by Gasteiger charge is 2.29. The van der Waals surface area contributed by atoms with Crippen LogP contribution >= 0.6 is 22.9 Å². The van der Waals surface area contributed by atoms with Gasteiger partial charge in [0, 0.05) is 48.2 Å². The topological polar surface area (TPSA) is 72.0 Å². The molecule has 1 aliphatic rings. The summed E-state index contributed by atoms with van der Waals surface area (Å²) in [5.74, 6) is 1.40. The molecule has 0 N–H and O–H groups in total. The number of hydrogen-bond donors (Lipinski definition) is 0. The van der Waals surface area contributed by atoms with Crippen molar-refractivity contribution in [3.8, 4) is 22.8 Å². The van der Waals surface area contributed by atoms with Gasteiger partial charge >= 0.3 is 0 Å². The summed E-state index contributed by atoms with van der Waals surface area (Å²) in [4.78, 5) is 7.09. The van der Waals surface area contributed by atoms with Crippen molar-refractivity contribution in [2.24, 2.45) is 0 Å². The predicted octanol–water partition coefficient (Wildman–Crippen LogP) is 3.99. The van der Waals surface area contributed by atoms with Gasteiger partial charge < -0.3 is 14.4 Å². The van der Waals surface area contributed by atoms with E-state index in [1.165, 1.54) is 21.7 Å². The fourth-order valence-corrected chi connectivity index (χ4v) is 6.01. The molecule has 7 nitrogen and oxygen atoms in total. The predicted molar refractivity (Wildman–Crippen MR) is 123 cm³/mol. The molecule has 1 fully saturated rings. The zero-order chi connectivity index (χ0) is 22.0. The van der Waals surface area contributed by atoms with Gasteiger partial charge in [0.1, 0.15) is 11.5 Å². The molecule has 0 amide bonds. The monoisotopic (exact) mass is 479 g/mol. The van der Waals surface area contributed by atoms with E-state index in [1.807, 2.05) is 23.6 Å². The maximum absolute atomic E-state index is 12.9. The number of benzene rings is 2. The largest absolute Gasteiger partial charge is 0.497 e. The molecule has 2 aromatic carbocycles. The highest BCUT2D eigenvalue weighted by atomic mass is 35.5. The molecule has 0 radical (unpaired) electrons. The van der Waals surface area contributed by atoms with Crippen molar-refractivity contribution < 1.29 is 17.9 Å². The van der Waals surface area contributed by atoms with E-state index in [0.717, 1.165) is 16.4 Å². The van der Waals surface area contributed by atoms with Crippen LogP contribution in [0.1, 0.15) is 0 Å². The van der Waals surface area contributed by atoms with Crippen LogP contribution in [0.15, 0.2) is 52.7 Å². The smallest absolute Gasteiger partial charge is 0.243 e. The normalized spacial score (nSPS) is 15.1. The van der Waals surface area contributed by atoms with E-state index in [9.17, 15) is 8.42 Å². The number of ether oxygens (including phenoxy) is 2. The van der Waals surface area contributed by atoms with Gasteiger partial charge in [-0.2, -0.15) is 4.31 Å². The minimum atomic E-state index is -3.57. The lowest BCUT2D eigenvalue weighted by molar-refractivity contribution is 0.385. The fourth-order valence-electron chi connectivity index (χ4n) is 3.39. The second-order valence-electron chi connectivity index (χ2n) is 6.97. The Morgan fingerprint density at radius 2 is 1.68 bits per heavy atom. The molecule has 3 aromatic rings. The van der Waals surface area contributed by atoms with Gasteiger partial charge in [-0.3, -0.25) is 0 Å². The molecule has 1 aliphatic heterocycles. The van der Waals surface area contributed by atoms with Crippen LogP contribution < -0.4 is 14.4 Å². The molecule has 2 heterocycles. The van der Waals surface area contributed by atoms with E-state index in [-0.39, 0.29) is 4.90 Å². The van der Waals surface area contributed by atoms with Gasteiger partial charge in [-0.1, -0.05) is 17.7 Å². The molecule has 0 atom stereocenters. The number of piperazine rings is 1. The maximum atomic E-state index is 12.9. The molecular formula is C21H22ClN3O4S2. The summed E-state index contributed by atoms with van der Waals surface area (Å²) >= 11 is 7.50. The Morgan fingerprint density at radius 3 is 2.29 bits per heavy atom. The number of hydrogen-bond acceptors (Lipinski definition) is 7. The van der Waals surface area contributed by atoms with Crippen LogP contribution in [0.2, 0.25) is 5.02 Å². The van der Waals surface area contributed by atoms with E-state index >= 15 is 0 Å². The van der Waals surface area contributed by atoms with Crippen molar-refractivity contribution in [3.05, 3.63) is 52.9 Å². The van der Waals surface area contributed by atoms with Crippen molar-refractivity contribution in [1.29, 1.82) is 0 Å². The summed E-state index contributed by atoms with van der Waals surface area (Å²) in [6.07, 6.45) is 0. The Bertz CT molecular complexity index is 1150. The number of anilines is 1. The zero-order valence-electron chi connectivity index (χ0n) is 17.1. The molecule has 1 aromatic heterocycles. The number of nitrogens with zero attached hydrogens (tertiary/aromatic N) is 3. The third-order valence-electron chi connectivity index (χ3n) is 5.08. The first-order valence-electron chi connectivity index (χ1n) is 9.60. The van der Waals surface area contributed by atoms with Crippen molar-refractivity contribution in [1.82, 2.24) is 9.29 Å². The molecule has 1 saturated heterocycles. The Kier molecular flexibility index (Phi) is 6.38. The molecule has 0 unspecified atom stereocenters. The third-order valence-corrected chi connectivity index (χ3v) is 8.11. The SMILES string of the molecule is COc1cc(OC)cc(-c2csc(N3CCN(S(=O)(=O)c4cccc(Cl)c4)CC3)n2)c1. The molecule has 31 heavy (non-hydrogen) atoms. The van der Waals surface area contributed by atoms with E-state index < -0.39 is 10.0 Å². The van der Waals surface area contributed by atoms with E-state index in [2.05, 4.69) is 4.90 Å². The van der Waals surface area contributed by atoms with Crippen LogP contribution in [-0.4, -0.2) is 58.1 Å². The van der Waals surface area contributed by atoms with Gasteiger partial charge in [-0.05, 0) is 30.3 Å². The van der Waals surface area contributed by atoms with Crippen LogP contribution in [0.3, 0.4) is 0 Å². The van der Waals surface area contributed by atoms with E-state index in [4.69, 9.17) is 26.1 Å². The highest BCUT2D eigenvalue weighted by molar-refractivity contribution is 7.89. The Morgan fingerprint density at radius 1 is 1.00 bits per heavy atom. The fraction of sp³-hybridized carbons (Fsp3) is 0.286. The second-order valence-corrected chi connectivity index (χ2v) is 10.2. The summed E-state index contributed by atoms with van der Waals surface area (Å²) in [6.45, 7) is 1.90. The van der Waals surface area contributed by atoms with Gasteiger partial charge in [0.2, 0.25) is 10.0 Å². The summed E-state index contributed by atoms with van der Waals surface area (Å²) in [5.41, 5.74) is 1.73. The van der Waals surface area contributed by atoms with Crippen LogP contribution in [-0.2, 0) is 10.0 Å². The van der Waals surface area contributed by atoms with Crippen LogP contribution in [0.25, 0.3) is 11.3 Å². The molecule has 0 bridgehead atoms. The molecule has 0 spiro atoms. The van der Waals surface area contributed by atoms with Crippen LogP contribution in [0.5, 0.6) is 11.5 Å². The quantitative estimate of drug-likeness (QED) is 0.532. The second kappa shape index (κ2) is 9.04. The van der Waals surface area contributed by atoms with Gasteiger partial charge in [0.25, 0.3) is 0 Å². The highest BCUT2D eigenvalue weighted by Crippen LogP contribution is 2.33. The Labute approximate surface area is 190 Å². The number of aromatic nitrogens is 1. The molecule has 4 rings (SSSR count).